The number of aliphatic hydroxyl groups is 1. The smallest absolute Gasteiger partial charge is 0.350 e. The summed E-state index contributed by atoms with van der Waals surface area (Å²) >= 11 is 0.911. The van der Waals surface area contributed by atoms with Crippen molar-refractivity contribution >= 4 is 39.9 Å². The minimum Gasteiger partial charge on any atom is -0.507 e. The number of ketones is 1. The first-order valence-corrected chi connectivity index (χ1v) is 12.9. The first-order valence-electron chi connectivity index (χ1n) is 12.1. The van der Waals surface area contributed by atoms with Crippen LogP contribution >= 0.6 is 11.3 Å². The Morgan fingerprint density at radius 1 is 1.07 bits per heavy atom. The summed E-state index contributed by atoms with van der Waals surface area (Å²) in [6.07, 6.45) is 1.44. The number of thiazole rings is 1. The number of aryl methyl sites for hydroxylation is 2. The van der Waals surface area contributed by atoms with Crippen LogP contribution in [0.4, 0.5) is 5.13 Å². The number of rotatable bonds is 9. The monoisotopic (exact) mass is 564 g/mol. The lowest BCUT2D eigenvalue weighted by molar-refractivity contribution is -0.132. The third kappa shape index (κ3) is 5.03. The van der Waals surface area contributed by atoms with Gasteiger partial charge in [0.1, 0.15) is 23.0 Å². The molecule has 0 unspecified atom stereocenters. The van der Waals surface area contributed by atoms with Crippen molar-refractivity contribution in [3.05, 3.63) is 81.9 Å². The van der Waals surface area contributed by atoms with E-state index in [0.717, 1.165) is 11.3 Å². The number of benzene rings is 2. The van der Waals surface area contributed by atoms with Crippen molar-refractivity contribution in [2.45, 2.75) is 19.9 Å². The van der Waals surface area contributed by atoms with Crippen LogP contribution in [0.3, 0.4) is 0 Å². The van der Waals surface area contributed by atoms with Crippen molar-refractivity contribution in [1.29, 1.82) is 0 Å². The molecule has 0 bridgehead atoms. The van der Waals surface area contributed by atoms with Gasteiger partial charge in [0.25, 0.3) is 5.78 Å². The largest absolute Gasteiger partial charge is 0.507 e. The Morgan fingerprint density at radius 3 is 2.42 bits per heavy atom. The van der Waals surface area contributed by atoms with E-state index in [4.69, 9.17) is 18.9 Å². The van der Waals surface area contributed by atoms with Gasteiger partial charge in [-0.3, -0.25) is 14.5 Å². The molecule has 0 spiro atoms. The molecule has 2 aromatic carbocycles. The molecule has 40 heavy (non-hydrogen) atoms. The number of carbonyl (C=O) groups excluding carboxylic acids is 3. The quantitative estimate of drug-likeness (QED) is 0.129. The number of carbonyl (C=O) groups is 3. The second-order valence-electron chi connectivity index (χ2n) is 8.76. The second-order valence-corrected chi connectivity index (χ2v) is 9.74. The van der Waals surface area contributed by atoms with Crippen LogP contribution in [0.1, 0.15) is 38.1 Å². The summed E-state index contributed by atoms with van der Waals surface area (Å²) in [6, 6.07) is 8.80. The van der Waals surface area contributed by atoms with Gasteiger partial charge in [-0.2, -0.15) is 0 Å². The molecule has 0 radical (unpaired) electrons. The third-order valence-electron chi connectivity index (χ3n) is 6.37. The fraction of sp³-hybridized carbons (Fsp3) is 0.241. The average molecular weight is 565 g/mol. The van der Waals surface area contributed by atoms with Gasteiger partial charge in [0.15, 0.2) is 16.6 Å². The highest BCUT2D eigenvalue weighted by Gasteiger charge is 2.48. The molecule has 10 nitrogen and oxygen atoms in total. The van der Waals surface area contributed by atoms with E-state index >= 15 is 0 Å². The van der Waals surface area contributed by atoms with Crippen LogP contribution in [0.15, 0.2) is 54.6 Å². The summed E-state index contributed by atoms with van der Waals surface area (Å²) in [6.45, 7) is 6.90. The van der Waals surface area contributed by atoms with Crippen LogP contribution in [0.5, 0.6) is 17.2 Å². The van der Waals surface area contributed by atoms with Crippen molar-refractivity contribution in [3.8, 4) is 17.2 Å². The Hall–Kier alpha value is -4.64. The lowest BCUT2D eigenvalue weighted by Gasteiger charge is -2.24. The minimum absolute atomic E-state index is 0.00285. The van der Waals surface area contributed by atoms with E-state index in [1.165, 1.54) is 32.3 Å². The van der Waals surface area contributed by atoms with E-state index < -0.39 is 23.7 Å². The Balaban J connectivity index is 1.94. The van der Waals surface area contributed by atoms with Gasteiger partial charge in [-0.1, -0.05) is 30.1 Å². The highest BCUT2D eigenvalue weighted by Crippen LogP contribution is 2.46. The maximum Gasteiger partial charge on any atom is 0.350 e. The Labute approximate surface area is 235 Å². The number of methoxy groups -OCH3 is 3. The van der Waals surface area contributed by atoms with Gasteiger partial charge in [0.05, 0.1) is 38.6 Å². The SMILES string of the molecule is C=CCOC(=O)c1sc(N2C(=O)C(=O)C(=C(O)c3ccc(OC)cc3C)[C@H]2c2ccc(OC)c(OC)c2)nc1C. The van der Waals surface area contributed by atoms with E-state index in [-0.39, 0.29) is 27.9 Å². The number of Topliss-reactive ketones (excluding diaryl/α,β-unsaturated/α-hetero) is 1. The zero-order valence-electron chi connectivity index (χ0n) is 22.6. The van der Waals surface area contributed by atoms with Crippen molar-refractivity contribution in [1.82, 2.24) is 4.98 Å². The normalized spacial score (nSPS) is 16.1. The maximum atomic E-state index is 13.6. The molecular formula is C29H28N2O8S. The van der Waals surface area contributed by atoms with Crippen LogP contribution in [0.2, 0.25) is 0 Å². The maximum absolute atomic E-state index is 13.6. The van der Waals surface area contributed by atoms with Gasteiger partial charge in [-0.15, -0.1) is 0 Å². The standard InChI is InChI=1S/C29H28N2O8S/c1-7-12-39-28(35)26-16(3)30-29(40-26)31-23(17-8-11-20(37-5)21(14-17)38-6)22(25(33)27(31)34)24(32)19-10-9-18(36-4)13-15(19)2/h7-11,13-14,23,32H,1,12H2,2-6H3/t23-/m1/s1. The van der Waals surface area contributed by atoms with Crippen molar-refractivity contribution in [2.24, 2.45) is 0 Å². The Bertz CT molecular complexity index is 1540. The highest BCUT2D eigenvalue weighted by atomic mass is 32.1. The number of amides is 1. The Morgan fingerprint density at radius 2 is 1.80 bits per heavy atom. The molecule has 208 valence electrons. The molecule has 0 saturated carbocycles. The number of esters is 1. The lowest BCUT2D eigenvalue weighted by atomic mass is 9.93. The molecule has 11 heteroatoms. The van der Waals surface area contributed by atoms with E-state index in [1.54, 1.807) is 50.2 Å². The molecule has 4 rings (SSSR count). The van der Waals surface area contributed by atoms with Crippen molar-refractivity contribution in [3.63, 3.8) is 0 Å². The molecular weight excluding hydrogens is 536 g/mol. The molecule has 3 aromatic rings. The molecule has 1 atom stereocenters. The number of aromatic nitrogens is 1. The molecule has 2 heterocycles. The summed E-state index contributed by atoms with van der Waals surface area (Å²) in [5, 5.41) is 11.6. The lowest BCUT2D eigenvalue weighted by Crippen LogP contribution is -2.29. The van der Waals surface area contributed by atoms with Crippen LogP contribution in [-0.2, 0) is 14.3 Å². The Kier molecular flexibility index (Phi) is 8.24. The molecule has 1 aliphatic rings. The zero-order valence-corrected chi connectivity index (χ0v) is 23.5. The molecule has 1 aliphatic heterocycles. The second kappa shape index (κ2) is 11.6. The van der Waals surface area contributed by atoms with E-state index in [1.807, 2.05) is 0 Å². The zero-order chi connectivity index (χ0) is 29.1. The summed E-state index contributed by atoms with van der Waals surface area (Å²) < 4.78 is 21.2. The van der Waals surface area contributed by atoms with Gasteiger partial charge in [-0.25, -0.2) is 9.78 Å². The highest BCUT2D eigenvalue weighted by molar-refractivity contribution is 7.17. The molecule has 1 fully saturated rings. The van der Waals surface area contributed by atoms with Crippen molar-refractivity contribution < 1.29 is 38.4 Å². The fourth-order valence-electron chi connectivity index (χ4n) is 4.42. The van der Waals surface area contributed by atoms with Crippen LogP contribution in [-0.4, -0.2) is 55.7 Å². The molecule has 1 N–H and O–H groups in total. The number of aliphatic hydroxyl groups excluding tert-OH is 1. The molecule has 1 aromatic heterocycles. The summed E-state index contributed by atoms with van der Waals surface area (Å²) in [5.74, 6) is -1.45. The summed E-state index contributed by atoms with van der Waals surface area (Å²) in [4.78, 5) is 45.5. The van der Waals surface area contributed by atoms with Crippen LogP contribution < -0.4 is 19.1 Å². The van der Waals surface area contributed by atoms with E-state index in [2.05, 4.69) is 11.6 Å². The topological polar surface area (TPSA) is 124 Å². The van der Waals surface area contributed by atoms with Gasteiger partial charge in [-0.05, 0) is 55.3 Å². The fourth-order valence-corrected chi connectivity index (χ4v) is 5.40. The molecule has 1 amide bonds. The first kappa shape index (κ1) is 28.4. The first-order chi connectivity index (χ1) is 19.2. The van der Waals surface area contributed by atoms with E-state index in [0.29, 0.717) is 39.6 Å². The summed E-state index contributed by atoms with van der Waals surface area (Å²) in [5.41, 5.74) is 1.62. The predicted octanol–water partition coefficient (Wildman–Crippen LogP) is 4.75. The van der Waals surface area contributed by atoms with Crippen LogP contribution in [0, 0.1) is 13.8 Å². The average Bonchev–Trinajstić information content (AvgIpc) is 3.46. The number of ether oxygens (including phenoxy) is 4. The van der Waals surface area contributed by atoms with Gasteiger partial charge >= 0.3 is 11.9 Å². The molecule has 1 saturated heterocycles. The third-order valence-corrected chi connectivity index (χ3v) is 7.50. The number of nitrogens with zero attached hydrogens (tertiary/aromatic N) is 2. The predicted molar refractivity (Wildman–Crippen MR) is 149 cm³/mol. The van der Waals surface area contributed by atoms with E-state index in [9.17, 15) is 19.5 Å². The van der Waals surface area contributed by atoms with Gasteiger partial charge in [0.2, 0.25) is 0 Å². The van der Waals surface area contributed by atoms with Gasteiger partial charge in [0, 0.05) is 5.56 Å². The van der Waals surface area contributed by atoms with Crippen molar-refractivity contribution in [2.75, 3.05) is 32.8 Å². The van der Waals surface area contributed by atoms with Gasteiger partial charge < -0.3 is 24.1 Å². The number of anilines is 1. The summed E-state index contributed by atoms with van der Waals surface area (Å²) in [7, 11) is 4.47. The molecule has 0 aliphatic carbocycles. The minimum atomic E-state index is -1.09. The van der Waals surface area contributed by atoms with Crippen LogP contribution in [0.25, 0.3) is 5.76 Å². The number of hydrogen-bond donors (Lipinski definition) is 1. The number of hydrogen-bond acceptors (Lipinski definition) is 10.